The van der Waals surface area contributed by atoms with E-state index < -0.39 is 11.9 Å². The zero-order chi connectivity index (χ0) is 21.7. The van der Waals surface area contributed by atoms with Crippen LogP contribution >= 0.6 is 0 Å². The van der Waals surface area contributed by atoms with Crippen molar-refractivity contribution in [1.82, 2.24) is 0 Å². The smallest absolute Gasteiger partial charge is 0.338 e. The minimum atomic E-state index is -0.420. The number of amides is 2. The highest BCUT2D eigenvalue weighted by Crippen LogP contribution is 2.32. The van der Waals surface area contributed by atoms with Gasteiger partial charge in [-0.3, -0.25) is 9.59 Å². The first-order valence-corrected chi connectivity index (χ1v) is 10.5. The molecule has 158 valence electrons. The fourth-order valence-electron chi connectivity index (χ4n) is 3.81. The number of benzene rings is 2. The number of hydrogen-bond donors (Lipinski definition) is 1. The van der Waals surface area contributed by atoms with Crippen LogP contribution < -0.4 is 10.2 Å². The van der Waals surface area contributed by atoms with Crippen molar-refractivity contribution in [2.45, 2.75) is 40.0 Å². The highest BCUT2D eigenvalue weighted by atomic mass is 16.5. The zero-order valence-corrected chi connectivity index (χ0v) is 17.7. The number of ether oxygens (including phenoxy) is 1. The van der Waals surface area contributed by atoms with Crippen molar-refractivity contribution in [3.8, 4) is 0 Å². The van der Waals surface area contributed by atoms with Crippen LogP contribution in [0.2, 0.25) is 0 Å². The third-order valence-corrected chi connectivity index (χ3v) is 5.39. The molecule has 1 atom stereocenters. The Kier molecular flexibility index (Phi) is 6.87. The van der Waals surface area contributed by atoms with Crippen molar-refractivity contribution >= 4 is 29.2 Å². The summed E-state index contributed by atoms with van der Waals surface area (Å²) >= 11 is 0. The molecule has 1 heterocycles. The van der Waals surface area contributed by atoms with Gasteiger partial charge in [-0.25, -0.2) is 4.79 Å². The van der Waals surface area contributed by atoms with E-state index in [1.54, 1.807) is 36.1 Å². The fraction of sp³-hybridized carbons (Fsp3) is 0.375. The Morgan fingerprint density at radius 3 is 2.23 bits per heavy atom. The molecule has 1 N–H and O–H groups in total. The molecule has 0 aromatic heterocycles. The quantitative estimate of drug-likeness (QED) is 0.703. The minimum Gasteiger partial charge on any atom is -0.462 e. The van der Waals surface area contributed by atoms with Crippen LogP contribution in [0, 0.1) is 5.92 Å². The van der Waals surface area contributed by atoms with Crippen molar-refractivity contribution < 1.29 is 19.1 Å². The van der Waals surface area contributed by atoms with Gasteiger partial charge < -0.3 is 15.0 Å². The van der Waals surface area contributed by atoms with Gasteiger partial charge in [-0.05, 0) is 55.2 Å². The van der Waals surface area contributed by atoms with Gasteiger partial charge in [-0.1, -0.05) is 32.0 Å². The molecule has 1 fully saturated rings. The van der Waals surface area contributed by atoms with Crippen LogP contribution in [-0.2, 0) is 27.2 Å². The highest BCUT2D eigenvalue weighted by Gasteiger charge is 2.36. The summed E-state index contributed by atoms with van der Waals surface area (Å²) in [6.07, 6.45) is 1.85. The second-order valence-electron chi connectivity index (χ2n) is 7.32. The monoisotopic (exact) mass is 408 g/mol. The molecule has 0 saturated carbocycles. The van der Waals surface area contributed by atoms with E-state index in [2.05, 4.69) is 19.2 Å². The largest absolute Gasteiger partial charge is 0.462 e. The lowest BCUT2D eigenvalue weighted by Gasteiger charge is -2.23. The van der Waals surface area contributed by atoms with Crippen molar-refractivity contribution in [2.24, 2.45) is 5.92 Å². The summed E-state index contributed by atoms with van der Waals surface area (Å²) in [7, 11) is 0. The maximum Gasteiger partial charge on any atom is 0.338 e. The third kappa shape index (κ3) is 4.53. The van der Waals surface area contributed by atoms with Crippen LogP contribution in [0.1, 0.15) is 48.7 Å². The van der Waals surface area contributed by atoms with Gasteiger partial charge in [0.05, 0.1) is 18.1 Å². The van der Waals surface area contributed by atoms with Gasteiger partial charge >= 0.3 is 5.97 Å². The van der Waals surface area contributed by atoms with Gasteiger partial charge in [0, 0.05) is 24.3 Å². The number of hydrogen-bond acceptors (Lipinski definition) is 4. The van der Waals surface area contributed by atoms with Gasteiger partial charge in [-0.15, -0.1) is 0 Å². The van der Waals surface area contributed by atoms with Crippen molar-refractivity contribution in [3.63, 3.8) is 0 Å². The molecule has 0 bridgehead atoms. The molecule has 6 nitrogen and oxygen atoms in total. The molecule has 0 unspecified atom stereocenters. The maximum atomic E-state index is 12.8. The fourth-order valence-corrected chi connectivity index (χ4v) is 3.81. The van der Waals surface area contributed by atoms with E-state index in [0.717, 1.165) is 29.7 Å². The van der Waals surface area contributed by atoms with Crippen molar-refractivity contribution in [3.05, 3.63) is 59.2 Å². The third-order valence-electron chi connectivity index (χ3n) is 5.39. The van der Waals surface area contributed by atoms with E-state index in [4.69, 9.17) is 4.74 Å². The number of nitrogens with one attached hydrogen (secondary N) is 1. The number of nitrogens with zero attached hydrogens (tertiary/aromatic N) is 1. The predicted molar refractivity (Wildman–Crippen MR) is 117 cm³/mol. The number of aryl methyl sites for hydroxylation is 2. The molecule has 1 aliphatic rings. The molecule has 1 saturated heterocycles. The molecule has 6 heteroatoms. The Balaban J connectivity index is 1.71. The van der Waals surface area contributed by atoms with Crippen LogP contribution in [0.25, 0.3) is 0 Å². The molecule has 1 aliphatic heterocycles. The first-order chi connectivity index (χ1) is 14.5. The second kappa shape index (κ2) is 9.57. The molecule has 3 rings (SSSR count). The molecule has 0 radical (unpaired) electrons. The van der Waals surface area contributed by atoms with Crippen LogP contribution in [0.3, 0.4) is 0 Å². The molecular formula is C24H28N2O4. The molecule has 2 amide bonds. The van der Waals surface area contributed by atoms with E-state index >= 15 is 0 Å². The van der Waals surface area contributed by atoms with Crippen LogP contribution in [0.4, 0.5) is 11.4 Å². The van der Waals surface area contributed by atoms with E-state index in [1.165, 1.54) is 0 Å². The predicted octanol–water partition coefficient (Wildman–Crippen LogP) is 3.98. The van der Waals surface area contributed by atoms with E-state index in [9.17, 15) is 14.4 Å². The van der Waals surface area contributed by atoms with Crippen LogP contribution in [0.15, 0.2) is 42.5 Å². The standard InChI is InChI=1S/C24H28N2O4/c1-4-16-8-7-9-17(5-2)22(16)26-15-19(14-21(26)27)23(28)25-20-12-10-18(11-13-20)24(29)30-6-3/h7-13,19H,4-6,14-15H2,1-3H3,(H,25,28)/t19-/m1/s1. The molecule has 2 aromatic carbocycles. The Bertz CT molecular complexity index is 914. The Morgan fingerprint density at radius 1 is 1.03 bits per heavy atom. The summed E-state index contributed by atoms with van der Waals surface area (Å²) < 4.78 is 4.96. The number of carbonyl (C=O) groups excluding carboxylic acids is 3. The lowest BCUT2D eigenvalue weighted by Crippen LogP contribution is -2.29. The normalized spacial score (nSPS) is 15.9. The molecule has 30 heavy (non-hydrogen) atoms. The van der Waals surface area contributed by atoms with E-state index in [0.29, 0.717) is 24.4 Å². The first-order valence-electron chi connectivity index (χ1n) is 10.5. The Hall–Kier alpha value is -3.15. The second-order valence-corrected chi connectivity index (χ2v) is 7.32. The average molecular weight is 408 g/mol. The molecular weight excluding hydrogens is 380 g/mol. The van der Waals surface area contributed by atoms with E-state index in [-0.39, 0.29) is 18.2 Å². The first kappa shape index (κ1) is 21.6. The number of carbonyl (C=O) groups is 3. The number of rotatable bonds is 7. The maximum absolute atomic E-state index is 12.8. The highest BCUT2D eigenvalue weighted by molar-refractivity contribution is 6.04. The Morgan fingerprint density at radius 2 is 1.67 bits per heavy atom. The Labute approximate surface area is 177 Å². The summed E-state index contributed by atoms with van der Waals surface area (Å²) in [5.41, 5.74) is 4.22. The average Bonchev–Trinajstić information content (AvgIpc) is 3.15. The molecule has 2 aromatic rings. The van der Waals surface area contributed by atoms with Crippen LogP contribution in [0.5, 0.6) is 0 Å². The van der Waals surface area contributed by atoms with Gasteiger partial charge in [0.25, 0.3) is 0 Å². The number of anilines is 2. The topological polar surface area (TPSA) is 75.7 Å². The summed E-state index contributed by atoms with van der Waals surface area (Å²) in [5.74, 6) is -1.03. The lowest BCUT2D eigenvalue weighted by molar-refractivity contribution is -0.122. The number of para-hydroxylation sites is 1. The zero-order valence-electron chi connectivity index (χ0n) is 17.7. The van der Waals surface area contributed by atoms with Crippen molar-refractivity contribution in [1.29, 1.82) is 0 Å². The SMILES string of the molecule is CCOC(=O)c1ccc(NC(=O)[C@@H]2CC(=O)N(c3c(CC)cccc3CC)C2)cc1. The van der Waals surface area contributed by atoms with Crippen LogP contribution in [-0.4, -0.2) is 30.9 Å². The molecule has 0 aliphatic carbocycles. The summed E-state index contributed by atoms with van der Waals surface area (Å²) in [6.45, 7) is 6.58. The van der Waals surface area contributed by atoms with Gasteiger partial charge in [-0.2, -0.15) is 0 Å². The lowest BCUT2D eigenvalue weighted by atomic mass is 10.0. The summed E-state index contributed by atoms with van der Waals surface area (Å²) in [5, 5.41) is 2.86. The summed E-state index contributed by atoms with van der Waals surface area (Å²) in [6, 6.07) is 12.7. The van der Waals surface area contributed by atoms with E-state index in [1.807, 2.05) is 18.2 Å². The van der Waals surface area contributed by atoms with Gasteiger partial charge in [0.2, 0.25) is 11.8 Å². The summed E-state index contributed by atoms with van der Waals surface area (Å²) in [4.78, 5) is 39.1. The minimum absolute atomic E-state index is 0.0246. The molecule has 0 spiro atoms. The number of esters is 1. The van der Waals surface area contributed by atoms with Gasteiger partial charge in [0.15, 0.2) is 0 Å². The van der Waals surface area contributed by atoms with Gasteiger partial charge in [0.1, 0.15) is 0 Å². The van der Waals surface area contributed by atoms with Crippen molar-refractivity contribution in [2.75, 3.05) is 23.4 Å².